The van der Waals surface area contributed by atoms with E-state index in [0.29, 0.717) is 0 Å². The van der Waals surface area contributed by atoms with E-state index in [1.165, 1.54) is 10.4 Å². The van der Waals surface area contributed by atoms with E-state index >= 15 is 0 Å². The Labute approximate surface area is 162 Å². The van der Waals surface area contributed by atoms with E-state index in [9.17, 15) is 0 Å². The Morgan fingerprint density at radius 1 is 1.23 bits per heavy atom. The zero-order chi connectivity index (χ0) is 18.1. The van der Waals surface area contributed by atoms with Crippen molar-refractivity contribution in [3.63, 3.8) is 0 Å². The summed E-state index contributed by atoms with van der Waals surface area (Å²) in [6.45, 7) is 5.65. The molecule has 0 radical (unpaired) electrons. The molecule has 7 heteroatoms. The average molecular weight is 387 g/mol. The van der Waals surface area contributed by atoms with Gasteiger partial charge in [-0.05, 0) is 66.8 Å². The van der Waals surface area contributed by atoms with Crippen molar-refractivity contribution >= 4 is 23.6 Å². The molecule has 0 spiro atoms. The maximum Gasteiger partial charge on any atom is 0.199 e. The Kier molecular flexibility index (Phi) is 4.93. The minimum absolute atomic E-state index is 0.726. The molecule has 1 aromatic carbocycles. The lowest BCUT2D eigenvalue weighted by molar-refractivity contribution is 0.189. The number of ether oxygens (including phenoxy) is 1. The highest BCUT2D eigenvalue weighted by molar-refractivity contribution is 7.71. The summed E-state index contributed by atoms with van der Waals surface area (Å²) < 4.78 is 10.1. The molecule has 0 amide bonds. The second-order valence-corrected chi connectivity index (χ2v) is 7.76. The van der Waals surface area contributed by atoms with Crippen molar-refractivity contribution in [3.05, 3.63) is 50.9 Å². The predicted molar refractivity (Wildman–Crippen MR) is 107 cm³/mol. The first kappa shape index (κ1) is 17.5. The van der Waals surface area contributed by atoms with Crippen LogP contribution >= 0.6 is 23.6 Å². The number of rotatable bonds is 5. The Hall–Kier alpha value is -1.96. The number of hydrogen-bond donors (Lipinski definition) is 0. The number of aromatic nitrogens is 3. The van der Waals surface area contributed by atoms with E-state index in [2.05, 4.69) is 27.8 Å². The molecule has 3 heterocycles. The highest BCUT2D eigenvalue weighted by Crippen LogP contribution is 2.25. The van der Waals surface area contributed by atoms with Crippen LogP contribution in [0.3, 0.4) is 0 Å². The number of thiophene rings is 1. The molecule has 0 bridgehead atoms. The molecule has 0 saturated heterocycles. The van der Waals surface area contributed by atoms with Gasteiger partial charge in [-0.15, -0.1) is 11.3 Å². The minimum Gasteiger partial charge on any atom is -0.497 e. The Bertz CT molecular complexity index is 955. The summed E-state index contributed by atoms with van der Waals surface area (Å²) in [6.07, 6.45) is 1.11. The van der Waals surface area contributed by atoms with Gasteiger partial charge in [-0.25, -0.2) is 4.68 Å². The molecule has 3 aromatic rings. The van der Waals surface area contributed by atoms with Crippen LogP contribution in [0.2, 0.25) is 0 Å². The third-order valence-corrected chi connectivity index (χ3v) is 6.26. The van der Waals surface area contributed by atoms with Gasteiger partial charge in [0, 0.05) is 30.1 Å². The smallest absolute Gasteiger partial charge is 0.199 e. The number of hydrogen-bond acceptors (Lipinski definition) is 5. The predicted octanol–water partition coefficient (Wildman–Crippen LogP) is 4.19. The molecule has 0 N–H and O–H groups in total. The molecule has 0 fully saturated rings. The Balaban J connectivity index is 1.61. The highest BCUT2D eigenvalue weighted by atomic mass is 32.1. The van der Waals surface area contributed by atoms with Crippen molar-refractivity contribution in [1.29, 1.82) is 0 Å². The molecule has 0 atom stereocenters. The molecule has 0 aliphatic carbocycles. The van der Waals surface area contributed by atoms with Gasteiger partial charge in [0.25, 0.3) is 0 Å². The molecule has 0 saturated carbocycles. The van der Waals surface area contributed by atoms with Crippen molar-refractivity contribution in [1.82, 2.24) is 19.2 Å². The normalized spacial score (nSPS) is 14.4. The summed E-state index contributed by atoms with van der Waals surface area (Å²) in [6, 6.07) is 10.2. The standard InChI is InChI=1S/C19H22N4OS2/c1-3-22-18(14-4-6-16(24-2)7-5-14)20-23(19(22)25)13-21-10-8-17-15(12-21)9-11-26-17/h4-7,9,11H,3,8,10,12-13H2,1-2H3. The zero-order valence-corrected chi connectivity index (χ0v) is 16.6. The fourth-order valence-corrected chi connectivity index (χ4v) is 4.59. The third-order valence-electron chi connectivity index (χ3n) is 4.81. The first-order valence-corrected chi connectivity index (χ1v) is 10.1. The lowest BCUT2D eigenvalue weighted by atomic mass is 10.1. The van der Waals surface area contributed by atoms with Crippen LogP contribution in [0.4, 0.5) is 0 Å². The zero-order valence-electron chi connectivity index (χ0n) is 15.0. The third kappa shape index (κ3) is 3.22. The van der Waals surface area contributed by atoms with Crippen molar-refractivity contribution in [2.75, 3.05) is 13.7 Å². The topological polar surface area (TPSA) is 35.2 Å². The van der Waals surface area contributed by atoms with Gasteiger partial charge in [0.15, 0.2) is 10.6 Å². The number of nitrogens with zero attached hydrogens (tertiary/aromatic N) is 4. The van der Waals surface area contributed by atoms with Gasteiger partial charge in [-0.2, -0.15) is 5.10 Å². The summed E-state index contributed by atoms with van der Waals surface area (Å²) in [5.74, 6) is 1.75. The summed E-state index contributed by atoms with van der Waals surface area (Å²) >= 11 is 7.57. The van der Waals surface area contributed by atoms with Crippen molar-refractivity contribution in [3.8, 4) is 17.1 Å². The van der Waals surface area contributed by atoms with Crippen LogP contribution in [0.25, 0.3) is 11.4 Å². The number of methoxy groups -OCH3 is 1. The van der Waals surface area contributed by atoms with E-state index in [-0.39, 0.29) is 0 Å². The molecule has 1 aliphatic heterocycles. The molecule has 0 unspecified atom stereocenters. The Morgan fingerprint density at radius 3 is 2.77 bits per heavy atom. The highest BCUT2D eigenvalue weighted by Gasteiger charge is 2.19. The second-order valence-electron chi connectivity index (χ2n) is 6.39. The maximum atomic E-state index is 5.70. The van der Waals surface area contributed by atoms with Crippen LogP contribution in [-0.2, 0) is 26.2 Å². The van der Waals surface area contributed by atoms with E-state index in [4.69, 9.17) is 22.1 Å². The molecule has 4 rings (SSSR count). The van der Waals surface area contributed by atoms with E-state index in [0.717, 1.165) is 54.6 Å². The lowest BCUT2D eigenvalue weighted by Gasteiger charge is -2.26. The van der Waals surface area contributed by atoms with Crippen LogP contribution in [0.5, 0.6) is 5.75 Å². The van der Waals surface area contributed by atoms with Crippen LogP contribution in [0.15, 0.2) is 35.7 Å². The molecular formula is C19H22N4OS2. The minimum atomic E-state index is 0.726. The first-order valence-electron chi connectivity index (χ1n) is 8.79. The average Bonchev–Trinajstić information content (AvgIpc) is 3.26. The molecule has 5 nitrogen and oxygen atoms in total. The Morgan fingerprint density at radius 2 is 2.04 bits per heavy atom. The summed E-state index contributed by atoms with van der Waals surface area (Å²) in [7, 11) is 1.68. The summed E-state index contributed by atoms with van der Waals surface area (Å²) in [5, 5.41) is 7.03. The van der Waals surface area contributed by atoms with Crippen LogP contribution < -0.4 is 4.74 Å². The fraction of sp³-hybridized carbons (Fsp3) is 0.368. The maximum absolute atomic E-state index is 5.70. The second kappa shape index (κ2) is 7.34. The van der Waals surface area contributed by atoms with Gasteiger partial charge in [0.1, 0.15) is 5.75 Å². The van der Waals surface area contributed by atoms with Crippen molar-refractivity contribution in [2.45, 2.75) is 33.1 Å². The summed E-state index contributed by atoms with van der Waals surface area (Å²) in [4.78, 5) is 3.93. The quantitative estimate of drug-likeness (QED) is 0.616. The number of fused-ring (bicyclic) bond motifs is 1. The summed E-state index contributed by atoms with van der Waals surface area (Å²) in [5.41, 5.74) is 2.49. The van der Waals surface area contributed by atoms with Crippen LogP contribution in [0.1, 0.15) is 17.4 Å². The SMILES string of the molecule is CCn1c(-c2ccc(OC)cc2)nn(CN2CCc3sccc3C2)c1=S. The van der Waals surface area contributed by atoms with E-state index in [1.54, 1.807) is 7.11 Å². The molecule has 136 valence electrons. The first-order chi connectivity index (χ1) is 12.7. The molecular weight excluding hydrogens is 364 g/mol. The van der Waals surface area contributed by atoms with Crippen LogP contribution in [-0.4, -0.2) is 32.9 Å². The van der Waals surface area contributed by atoms with Crippen LogP contribution in [0, 0.1) is 4.77 Å². The largest absolute Gasteiger partial charge is 0.497 e. The fourth-order valence-electron chi connectivity index (χ4n) is 3.39. The van der Waals surface area contributed by atoms with Gasteiger partial charge in [0.2, 0.25) is 0 Å². The van der Waals surface area contributed by atoms with Crippen molar-refractivity contribution < 1.29 is 4.74 Å². The van der Waals surface area contributed by atoms with Gasteiger partial charge in [-0.1, -0.05) is 0 Å². The molecule has 26 heavy (non-hydrogen) atoms. The molecule has 1 aliphatic rings. The van der Waals surface area contributed by atoms with E-state index < -0.39 is 0 Å². The van der Waals surface area contributed by atoms with Gasteiger partial charge in [0.05, 0.1) is 13.8 Å². The molecule has 2 aromatic heterocycles. The number of benzene rings is 1. The van der Waals surface area contributed by atoms with E-state index in [1.807, 2.05) is 40.3 Å². The monoisotopic (exact) mass is 386 g/mol. The van der Waals surface area contributed by atoms with Gasteiger partial charge >= 0.3 is 0 Å². The van der Waals surface area contributed by atoms with Crippen molar-refractivity contribution in [2.24, 2.45) is 0 Å². The lowest BCUT2D eigenvalue weighted by Crippen LogP contribution is -2.32. The van der Waals surface area contributed by atoms with Gasteiger partial charge in [-0.3, -0.25) is 4.90 Å². The van der Waals surface area contributed by atoms with Gasteiger partial charge < -0.3 is 9.30 Å².